The lowest BCUT2D eigenvalue weighted by molar-refractivity contribution is 0.102. The lowest BCUT2D eigenvalue weighted by Crippen LogP contribution is -2.32. The van der Waals surface area contributed by atoms with Gasteiger partial charge in [0.2, 0.25) is 0 Å². The van der Waals surface area contributed by atoms with Crippen LogP contribution < -0.4 is 21.7 Å². The van der Waals surface area contributed by atoms with Gasteiger partial charge in [-0.1, -0.05) is 44.0 Å². The summed E-state index contributed by atoms with van der Waals surface area (Å²) in [5.74, 6) is -0.804. The number of nitrogens with zero attached hydrogens (tertiary/aromatic N) is 3. The number of amides is 2. The first-order valence-corrected chi connectivity index (χ1v) is 15.6. The highest BCUT2D eigenvalue weighted by atomic mass is 32.1. The highest BCUT2D eigenvalue weighted by molar-refractivity contribution is 7.17. The van der Waals surface area contributed by atoms with Gasteiger partial charge >= 0.3 is 0 Å². The highest BCUT2D eigenvalue weighted by Crippen LogP contribution is 2.38. The van der Waals surface area contributed by atoms with Crippen LogP contribution in [0.2, 0.25) is 0 Å². The van der Waals surface area contributed by atoms with Gasteiger partial charge in [0.25, 0.3) is 17.4 Å². The maximum Gasteiger partial charge on any atom is 0.267 e. The molecule has 0 saturated carbocycles. The third-order valence-electron chi connectivity index (χ3n) is 8.02. The molecule has 10 heteroatoms. The van der Waals surface area contributed by atoms with E-state index in [0.29, 0.717) is 34.1 Å². The molecule has 5 aromatic rings. The summed E-state index contributed by atoms with van der Waals surface area (Å²) in [5.41, 5.74) is 3.65. The van der Waals surface area contributed by atoms with E-state index in [4.69, 9.17) is 10.4 Å². The predicted molar refractivity (Wildman–Crippen MR) is 170 cm³/mol. The largest absolute Gasteiger partial charge is 0.322 e. The molecule has 0 radical (unpaired) electrons. The molecule has 0 spiro atoms. The zero-order valence-corrected chi connectivity index (χ0v) is 25.1. The fraction of sp³-hybridized carbons (Fsp3) is 0.303. The van der Waals surface area contributed by atoms with Gasteiger partial charge in [-0.05, 0) is 74.4 Å². The molecule has 1 aliphatic carbocycles. The monoisotopic (exact) mass is 594 g/mol. The van der Waals surface area contributed by atoms with Gasteiger partial charge in [-0.15, -0.1) is 11.3 Å². The first kappa shape index (κ1) is 28.5. The summed E-state index contributed by atoms with van der Waals surface area (Å²) < 4.78 is 3.16. The van der Waals surface area contributed by atoms with Crippen LogP contribution in [0.25, 0.3) is 16.7 Å². The van der Waals surface area contributed by atoms with E-state index < -0.39 is 5.91 Å². The molecule has 4 aromatic heterocycles. The Morgan fingerprint density at radius 3 is 2.58 bits per heavy atom. The van der Waals surface area contributed by atoms with Crippen molar-refractivity contribution < 1.29 is 9.59 Å². The molecular weight excluding hydrogens is 560 g/mol. The van der Waals surface area contributed by atoms with Crippen LogP contribution in [0.3, 0.4) is 0 Å². The van der Waals surface area contributed by atoms with E-state index >= 15 is 0 Å². The van der Waals surface area contributed by atoms with Gasteiger partial charge < -0.3 is 15.2 Å². The van der Waals surface area contributed by atoms with Crippen molar-refractivity contribution in [2.24, 2.45) is 0 Å². The minimum atomic E-state index is -0.530. The Kier molecular flexibility index (Phi) is 7.94. The van der Waals surface area contributed by atoms with Crippen LogP contribution in [0.15, 0.2) is 59.5 Å². The minimum Gasteiger partial charge on any atom is -0.322 e. The van der Waals surface area contributed by atoms with Crippen molar-refractivity contribution in [3.8, 4) is 0 Å². The molecule has 0 unspecified atom stereocenters. The first-order valence-electron chi connectivity index (χ1n) is 14.8. The zero-order chi connectivity index (χ0) is 30.1. The standard InChI is InChI=1S/C33H34N6O3S/c1-3-4-10-17-38-27(34)23(19-24-29(38)36-28-20(2)12-11-18-39(28)33(24)42)30(40)37-32-26(22-15-8-9-16-25(22)43-32)31(41)35-21-13-6-5-7-14-21/h5-7,11-14,18-19,34H,3-4,8-10,15-17H2,1-2H3,(H,35,41)(H,37,40). The fourth-order valence-corrected chi connectivity index (χ4v) is 7.07. The lowest BCUT2D eigenvalue weighted by atomic mass is 9.95. The number of unbranched alkanes of at least 4 members (excludes halogenated alkanes) is 2. The first-order chi connectivity index (χ1) is 20.9. The summed E-state index contributed by atoms with van der Waals surface area (Å²) in [6.07, 6.45) is 8.01. The number of benzene rings is 1. The van der Waals surface area contributed by atoms with E-state index in [0.717, 1.165) is 60.9 Å². The van der Waals surface area contributed by atoms with Crippen molar-refractivity contribution >= 4 is 50.5 Å². The molecule has 43 heavy (non-hydrogen) atoms. The molecule has 2 amide bonds. The molecule has 1 aliphatic rings. The molecule has 0 aliphatic heterocycles. The smallest absolute Gasteiger partial charge is 0.267 e. The van der Waals surface area contributed by atoms with Crippen molar-refractivity contribution in [1.29, 1.82) is 5.41 Å². The van der Waals surface area contributed by atoms with Crippen LogP contribution in [-0.4, -0.2) is 25.8 Å². The Labute approximate surface area is 252 Å². The van der Waals surface area contributed by atoms with Gasteiger partial charge in [0, 0.05) is 23.3 Å². The van der Waals surface area contributed by atoms with Crippen molar-refractivity contribution in [2.75, 3.05) is 10.6 Å². The van der Waals surface area contributed by atoms with Crippen LogP contribution in [0.1, 0.15) is 75.7 Å². The number of aromatic nitrogens is 3. The number of pyridine rings is 2. The summed E-state index contributed by atoms with van der Waals surface area (Å²) in [7, 11) is 0. The molecule has 4 heterocycles. The number of anilines is 2. The Hall–Kier alpha value is -4.57. The van der Waals surface area contributed by atoms with Gasteiger partial charge in [0.15, 0.2) is 0 Å². The Balaban J connectivity index is 1.45. The molecule has 3 N–H and O–H groups in total. The van der Waals surface area contributed by atoms with Crippen molar-refractivity contribution in [3.63, 3.8) is 0 Å². The maximum atomic E-state index is 13.9. The second kappa shape index (κ2) is 12.0. The van der Waals surface area contributed by atoms with Crippen LogP contribution in [0.5, 0.6) is 0 Å². The van der Waals surface area contributed by atoms with E-state index in [1.54, 1.807) is 16.8 Å². The van der Waals surface area contributed by atoms with E-state index in [1.165, 1.54) is 21.8 Å². The van der Waals surface area contributed by atoms with Crippen molar-refractivity contribution in [2.45, 2.75) is 65.3 Å². The molecule has 220 valence electrons. The number of nitrogens with one attached hydrogen (secondary N) is 3. The van der Waals surface area contributed by atoms with Gasteiger partial charge in [-0.25, -0.2) is 4.98 Å². The molecular formula is C33H34N6O3S. The molecule has 0 atom stereocenters. The Morgan fingerprint density at radius 1 is 1.00 bits per heavy atom. The number of carbonyl (C=O) groups is 2. The second-order valence-corrected chi connectivity index (χ2v) is 12.1. The number of hydrogen-bond donors (Lipinski definition) is 3. The molecule has 0 saturated heterocycles. The highest BCUT2D eigenvalue weighted by Gasteiger charge is 2.27. The van der Waals surface area contributed by atoms with Gasteiger partial charge in [-0.2, -0.15) is 0 Å². The number of hydrogen-bond acceptors (Lipinski definition) is 6. The topological polar surface area (TPSA) is 121 Å². The number of aryl methyl sites for hydroxylation is 3. The van der Waals surface area contributed by atoms with Crippen molar-refractivity contribution in [1.82, 2.24) is 14.0 Å². The number of thiophene rings is 1. The molecule has 1 aromatic carbocycles. The predicted octanol–water partition coefficient (Wildman–Crippen LogP) is 6.07. The molecule has 0 bridgehead atoms. The fourth-order valence-electron chi connectivity index (χ4n) is 5.79. The second-order valence-electron chi connectivity index (χ2n) is 11.0. The molecule has 9 nitrogen and oxygen atoms in total. The number of rotatable bonds is 8. The van der Waals surface area contributed by atoms with Crippen molar-refractivity contribution in [3.05, 3.63) is 97.7 Å². The van der Waals surface area contributed by atoms with E-state index in [-0.39, 0.29) is 27.9 Å². The number of para-hydroxylation sites is 1. The Morgan fingerprint density at radius 2 is 1.79 bits per heavy atom. The lowest BCUT2D eigenvalue weighted by Gasteiger charge is -2.15. The van der Waals surface area contributed by atoms with Gasteiger partial charge in [0.1, 0.15) is 21.8 Å². The van der Waals surface area contributed by atoms with Gasteiger partial charge in [0.05, 0.1) is 16.5 Å². The van der Waals surface area contributed by atoms with E-state index in [1.807, 2.05) is 43.3 Å². The summed E-state index contributed by atoms with van der Waals surface area (Å²) in [4.78, 5) is 47.1. The van der Waals surface area contributed by atoms with Crippen LogP contribution in [-0.2, 0) is 19.4 Å². The van der Waals surface area contributed by atoms with Crippen LogP contribution in [0, 0.1) is 12.3 Å². The van der Waals surface area contributed by atoms with Crippen LogP contribution >= 0.6 is 11.3 Å². The third kappa shape index (κ3) is 5.38. The minimum absolute atomic E-state index is 0.0115. The number of fused-ring (bicyclic) bond motifs is 3. The molecule has 0 fully saturated rings. The SMILES string of the molecule is CCCCCn1c(=N)c(C(=O)Nc2sc3c(c2C(=O)Nc2ccccc2)CCCC3)cc2c(=O)n3cccc(C)c3nc21. The van der Waals surface area contributed by atoms with E-state index in [9.17, 15) is 14.4 Å². The summed E-state index contributed by atoms with van der Waals surface area (Å²) in [6, 6.07) is 14.4. The normalized spacial score (nSPS) is 12.8. The Bertz CT molecular complexity index is 1990. The number of carbonyl (C=O) groups excluding carboxylic acids is 2. The summed E-state index contributed by atoms with van der Waals surface area (Å²) in [6.45, 7) is 4.45. The summed E-state index contributed by atoms with van der Waals surface area (Å²) >= 11 is 1.42. The average Bonchev–Trinajstić information content (AvgIpc) is 3.37. The molecule has 6 rings (SSSR count). The quantitative estimate of drug-likeness (QED) is 0.149. The average molecular weight is 595 g/mol. The van der Waals surface area contributed by atoms with Gasteiger partial charge in [-0.3, -0.25) is 24.2 Å². The zero-order valence-electron chi connectivity index (χ0n) is 24.3. The van der Waals surface area contributed by atoms with Crippen LogP contribution in [0.4, 0.5) is 10.7 Å². The van der Waals surface area contributed by atoms with E-state index in [2.05, 4.69) is 17.6 Å². The summed E-state index contributed by atoms with van der Waals surface area (Å²) in [5, 5.41) is 15.8. The third-order valence-corrected chi connectivity index (χ3v) is 9.23. The maximum absolute atomic E-state index is 13.9.